The van der Waals surface area contributed by atoms with Crippen LogP contribution in [0.25, 0.3) is 0 Å². The number of fused-ring (bicyclic) bond motifs is 1. The number of H-pyrrole nitrogens is 1. The van der Waals surface area contributed by atoms with Crippen molar-refractivity contribution in [1.29, 1.82) is 0 Å². The average molecular weight is 334 g/mol. The van der Waals surface area contributed by atoms with Gasteiger partial charge in [-0.3, -0.25) is 10.1 Å². The number of ether oxygens (including phenoxy) is 1. The van der Waals surface area contributed by atoms with Crippen molar-refractivity contribution in [3.63, 3.8) is 0 Å². The molecule has 1 atom stereocenters. The van der Waals surface area contributed by atoms with Crippen molar-refractivity contribution in [3.05, 3.63) is 77.1 Å². The predicted molar refractivity (Wildman–Crippen MR) is 89.1 cm³/mol. The molecule has 4 rings (SSSR count). The minimum Gasteiger partial charge on any atom is -0.454 e. The van der Waals surface area contributed by atoms with E-state index >= 15 is 0 Å². The van der Waals surface area contributed by atoms with Gasteiger partial charge in [0.15, 0.2) is 0 Å². The quantitative estimate of drug-likeness (QED) is 0.717. The second-order valence-electron chi connectivity index (χ2n) is 5.67. The van der Waals surface area contributed by atoms with Crippen LogP contribution in [0.5, 0.6) is 0 Å². The molecular weight excluding hydrogens is 320 g/mol. The van der Waals surface area contributed by atoms with Gasteiger partial charge >= 0.3 is 5.97 Å². The average Bonchev–Trinajstić information content (AvgIpc) is 3.15. The molecule has 1 unspecified atom stereocenters. The summed E-state index contributed by atoms with van der Waals surface area (Å²) in [6, 6.07) is 14.5. The number of anilines is 1. The molecule has 3 aromatic rings. The summed E-state index contributed by atoms with van der Waals surface area (Å²) in [6.07, 6.45) is 1.48. The Morgan fingerprint density at radius 1 is 1.20 bits per heavy atom. The normalized spacial score (nSPS) is 16.0. The van der Waals surface area contributed by atoms with Crippen LogP contribution in [0.3, 0.4) is 0 Å². The van der Waals surface area contributed by atoms with Gasteiger partial charge in [0.2, 0.25) is 5.95 Å². The summed E-state index contributed by atoms with van der Waals surface area (Å²) in [7, 11) is 0. The van der Waals surface area contributed by atoms with E-state index in [9.17, 15) is 9.59 Å². The van der Waals surface area contributed by atoms with Gasteiger partial charge in [0, 0.05) is 12.0 Å². The fourth-order valence-corrected chi connectivity index (χ4v) is 2.84. The maximum absolute atomic E-state index is 12.3. The Morgan fingerprint density at radius 2 is 2.04 bits per heavy atom. The molecule has 1 aliphatic rings. The van der Waals surface area contributed by atoms with E-state index in [1.807, 2.05) is 30.3 Å². The number of benzene rings is 2. The molecule has 2 heterocycles. The first-order valence-corrected chi connectivity index (χ1v) is 7.76. The summed E-state index contributed by atoms with van der Waals surface area (Å²) in [5.74, 6) is -0.434. The summed E-state index contributed by atoms with van der Waals surface area (Å²) in [5, 5.41) is 8.86. The zero-order valence-corrected chi connectivity index (χ0v) is 13.1. The van der Waals surface area contributed by atoms with E-state index in [4.69, 9.17) is 4.74 Å². The number of hydrogen-bond donors (Lipinski definition) is 2. The fourth-order valence-electron chi connectivity index (χ4n) is 2.84. The molecule has 124 valence electrons. The lowest BCUT2D eigenvalue weighted by Crippen LogP contribution is -2.23. The number of nitrogens with one attached hydrogen (secondary N) is 2. The molecule has 1 aromatic heterocycles. The molecule has 2 aromatic carbocycles. The number of esters is 1. The Balaban J connectivity index is 1.61. The van der Waals surface area contributed by atoms with E-state index in [0.29, 0.717) is 17.5 Å². The van der Waals surface area contributed by atoms with Crippen molar-refractivity contribution in [2.45, 2.75) is 12.5 Å². The molecule has 2 N–H and O–H groups in total. The Kier molecular flexibility index (Phi) is 3.74. The summed E-state index contributed by atoms with van der Waals surface area (Å²) in [4.78, 5) is 28.4. The van der Waals surface area contributed by atoms with Crippen LogP contribution in [-0.2, 0) is 11.2 Å². The highest BCUT2D eigenvalue weighted by atomic mass is 16.5. The number of aromatic nitrogens is 3. The largest absolute Gasteiger partial charge is 0.454 e. The minimum atomic E-state index is -0.378. The van der Waals surface area contributed by atoms with Gasteiger partial charge in [0.25, 0.3) is 5.91 Å². The summed E-state index contributed by atoms with van der Waals surface area (Å²) >= 11 is 0. The third kappa shape index (κ3) is 2.99. The van der Waals surface area contributed by atoms with E-state index < -0.39 is 0 Å². The molecular formula is C18H14N4O3. The lowest BCUT2D eigenvalue weighted by molar-refractivity contribution is 0.0252. The van der Waals surface area contributed by atoms with E-state index in [0.717, 1.165) is 11.1 Å². The second kappa shape index (κ2) is 6.20. The minimum absolute atomic E-state index is 0.268. The van der Waals surface area contributed by atoms with E-state index in [1.54, 1.807) is 18.2 Å². The van der Waals surface area contributed by atoms with Crippen molar-refractivity contribution < 1.29 is 14.3 Å². The molecule has 0 fully saturated rings. The van der Waals surface area contributed by atoms with Gasteiger partial charge in [-0.2, -0.15) is 10.1 Å². The van der Waals surface area contributed by atoms with Crippen molar-refractivity contribution in [1.82, 2.24) is 15.2 Å². The van der Waals surface area contributed by atoms with Crippen LogP contribution >= 0.6 is 0 Å². The number of nitrogens with zero attached hydrogens (tertiary/aromatic N) is 2. The zero-order valence-electron chi connectivity index (χ0n) is 13.1. The highest BCUT2D eigenvalue weighted by Gasteiger charge is 2.28. The second-order valence-corrected chi connectivity index (χ2v) is 5.67. The third-order valence-corrected chi connectivity index (χ3v) is 4.06. The van der Waals surface area contributed by atoms with E-state index in [-0.39, 0.29) is 23.9 Å². The van der Waals surface area contributed by atoms with Crippen LogP contribution in [-0.4, -0.2) is 27.1 Å². The van der Waals surface area contributed by atoms with Gasteiger partial charge in [0.1, 0.15) is 12.4 Å². The summed E-state index contributed by atoms with van der Waals surface area (Å²) in [6.45, 7) is 0. The maximum Gasteiger partial charge on any atom is 0.339 e. The number of aromatic amines is 1. The number of rotatable bonds is 3. The van der Waals surface area contributed by atoms with E-state index in [1.165, 1.54) is 6.33 Å². The van der Waals surface area contributed by atoms with Crippen LogP contribution < -0.4 is 5.32 Å². The van der Waals surface area contributed by atoms with Gasteiger partial charge in [0.05, 0.1) is 5.56 Å². The first-order valence-electron chi connectivity index (χ1n) is 7.76. The lowest BCUT2D eigenvalue weighted by atomic mass is 9.93. The van der Waals surface area contributed by atoms with Crippen LogP contribution in [0.15, 0.2) is 54.9 Å². The number of carbonyl (C=O) groups excluding carboxylic acids is 2. The molecule has 7 nitrogen and oxygen atoms in total. The number of cyclic esters (lactones) is 1. The third-order valence-electron chi connectivity index (χ3n) is 4.06. The first kappa shape index (κ1) is 15.1. The van der Waals surface area contributed by atoms with Gasteiger partial charge in [-0.15, -0.1) is 0 Å². The summed E-state index contributed by atoms with van der Waals surface area (Å²) in [5.41, 5.74) is 2.65. The van der Waals surface area contributed by atoms with Crippen molar-refractivity contribution >= 4 is 17.8 Å². The number of hydrogen-bond acceptors (Lipinski definition) is 5. The van der Waals surface area contributed by atoms with E-state index in [2.05, 4.69) is 20.5 Å². The van der Waals surface area contributed by atoms with Crippen molar-refractivity contribution in [2.24, 2.45) is 0 Å². The number of amides is 1. The molecule has 0 bridgehead atoms. The molecule has 0 saturated heterocycles. The predicted octanol–water partition coefficient (Wildman–Crippen LogP) is 2.51. The molecule has 0 radical (unpaired) electrons. The van der Waals surface area contributed by atoms with Gasteiger partial charge in [-0.25, -0.2) is 9.89 Å². The topological polar surface area (TPSA) is 97.0 Å². The standard InChI is InChI=1S/C18H14N4O3/c23-16(21-18-19-10-20-22-18)12-6-7-14-13(8-12)9-15(25-17(14)24)11-4-2-1-3-5-11/h1-8,10,15H,9H2,(H2,19,20,21,22,23). The molecule has 0 saturated carbocycles. The Bertz CT molecular complexity index is 923. The van der Waals surface area contributed by atoms with Crippen molar-refractivity contribution in [3.8, 4) is 0 Å². The smallest absolute Gasteiger partial charge is 0.339 e. The molecule has 7 heteroatoms. The Morgan fingerprint density at radius 3 is 2.80 bits per heavy atom. The van der Waals surface area contributed by atoms with Crippen LogP contribution in [0.4, 0.5) is 5.95 Å². The molecule has 25 heavy (non-hydrogen) atoms. The van der Waals surface area contributed by atoms with Gasteiger partial charge in [-0.1, -0.05) is 30.3 Å². The SMILES string of the molecule is O=C(Nc1ncn[nH]1)c1ccc2c(c1)CC(c1ccccc1)OC2=O. The lowest BCUT2D eigenvalue weighted by Gasteiger charge is -2.25. The van der Waals surface area contributed by atoms with Crippen LogP contribution in [0.2, 0.25) is 0 Å². The van der Waals surface area contributed by atoms with Crippen molar-refractivity contribution in [2.75, 3.05) is 5.32 Å². The fraction of sp³-hybridized carbons (Fsp3) is 0.111. The first-order chi connectivity index (χ1) is 12.2. The highest BCUT2D eigenvalue weighted by molar-refractivity contribution is 6.04. The maximum atomic E-state index is 12.3. The zero-order chi connectivity index (χ0) is 17.2. The van der Waals surface area contributed by atoms with Gasteiger partial charge in [-0.05, 0) is 29.3 Å². The molecule has 1 aliphatic heterocycles. The van der Waals surface area contributed by atoms with Crippen LogP contribution in [0.1, 0.15) is 37.9 Å². The monoisotopic (exact) mass is 334 g/mol. The summed E-state index contributed by atoms with van der Waals surface area (Å²) < 4.78 is 5.52. The van der Waals surface area contributed by atoms with Crippen LogP contribution in [0, 0.1) is 0 Å². The molecule has 1 amide bonds. The Labute approximate surface area is 143 Å². The number of carbonyl (C=O) groups is 2. The Hall–Kier alpha value is -3.48. The van der Waals surface area contributed by atoms with Gasteiger partial charge < -0.3 is 4.74 Å². The highest BCUT2D eigenvalue weighted by Crippen LogP contribution is 2.31. The molecule has 0 aliphatic carbocycles. The molecule has 0 spiro atoms.